The number of aromatic nitrogens is 2. The molecule has 7 heteroatoms. The fourth-order valence-corrected chi connectivity index (χ4v) is 3.54. The van der Waals surface area contributed by atoms with Crippen LogP contribution >= 0.6 is 34.5 Å². The van der Waals surface area contributed by atoms with E-state index in [2.05, 4.69) is 4.98 Å². The zero-order chi connectivity index (χ0) is 17.8. The highest BCUT2D eigenvalue weighted by Crippen LogP contribution is 2.23. The minimum Gasteiger partial charge on any atom is -0.331 e. The Morgan fingerprint density at radius 3 is 2.80 bits per heavy atom. The second kappa shape index (κ2) is 8.04. The first-order chi connectivity index (χ1) is 12.1. The topological polar surface area (TPSA) is 38.1 Å². The number of benzene rings is 1. The fourth-order valence-electron chi connectivity index (χ4n) is 2.52. The van der Waals surface area contributed by atoms with Crippen LogP contribution in [-0.4, -0.2) is 26.9 Å². The number of halogens is 2. The molecule has 1 aromatic carbocycles. The normalized spacial score (nSPS) is 10.8. The van der Waals surface area contributed by atoms with Crippen molar-refractivity contribution in [3.63, 3.8) is 0 Å². The molecule has 4 nitrogen and oxygen atoms in total. The molecule has 3 rings (SSSR count). The molecule has 3 aromatic rings. The lowest BCUT2D eigenvalue weighted by Crippen LogP contribution is -2.31. The van der Waals surface area contributed by atoms with Gasteiger partial charge in [0.25, 0.3) is 5.91 Å². The third-order valence-corrected chi connectivity index (χ3v) is 5.47. The summed E-state index contributed by atoms with van der Waals surface area (Å²) >= 11 is 13.5. The Labute approximate surface area is 160 Å². The van der Waals surface area contributed by atoms with E-state index in [1.165, 1.54) is 11.3 Å². The molecule has 2 aromatic heterocycles. The second-order valence-corrected chi connectivity index (χ2v) is 7.28. The molecule has 1 amide bonds. The maximum Gasteiger partial charge on any atom is 0.264 e. The van der Waals surface area contributed by atoms with E-state index in [-0.39, 0.29) is 5.91 Å². The lowest BCUT2D eigenvalue weighted by atomic mass is 10.2. The monoisotopic (exact) mass is 393 g/mol. The van der Waals surface area contributed by atoms with E-state index in [1.807, 2.05) is 47.3 Å². The quantitative estimate of drug-likeness (QED) is 0.593. The first-order valence-corrected chi connectivity index (χ1v) is 9.48. The average Bonchev–Trinajstić information content (AvgIpc) is 3.27. The molecule has 0 radical (unpaired) electrons. The Bertz CT molecular complexity index is 861. The number of thiophene rings is 1. The van der Waals surface area contributed by atoms with Gasteiger partial charge in [0, 0.05) is 25.5 Å². The number of hydrogen-bond acceptors (Lipinski definition) is 3. The van der Waals surface area contributed by atoms with Crippen molar-refractivity contribution in [3.8, 4) is 0 Å². The second-order valence-electron chi connectivity index (χ2n) is 5.52. The van der Waals surface area contributed by atoms with Crippen molar-refractivity contribution in [2.75, 3.05) is 6.54 Å². The fraction of sp³-hybridized carbons (Fsp3) is 0.222. The van der Waals surface area contributed by atoms with Gasteiger partial charge >= 0.3 is 0 Å². The van der Waals surface area contributed by atoms with Gasteiger partial charge in [0.2, 0.25) is 0 Å². The van der Waals surface area contributed by atoms with Crippen LogP contribution in [0.3, 0.4) is 0 Å². The molecule has 0 aliphatic carbocycles. The molecule has 0 spiro atoms. The van der Waals surface area contributed by atoms with Gasteiger partial charge in [-0.2, -0.15) is 0 Å². The number of carbonyl (C=O) groups excluding carboxylic acids is 1. The van der Waals surface area contributed by atoms with E-state index in [4.69, 9.17) is 23.2 Å². The van der Waals surface area contributed by atoms with E-state index in [9.17, 15) is 4.79 Å². The van der Waals surface area contributed by atoms with E-state index in [1.54, 1.807) is 17.2 Å². The molecular weight excluding hydrogens is 377 g/mol. The van der Waals surface area contributed by atoms with E-state index >= 15 is 0 Å². The van der Waals surface area contributed by atoms with E-state index in [0.29, 0.717) is 29.7 Å². The molecule has 25 heavy (non-hydrogen) atoms. The summed E-state index contributed by atoms with van der Waals surface area (Å²) in [5, 5.41) is 2.98. The van der Waals surface area contributed by atoms with E-state index in [0.717, 1.165) is 16.3 Å². The third-order valence-electron chi connectivity index (χ3n) is 3.87. The van der Waals surface area contributed by atoms with Gasteiger partial charge in [0.15, 0.2) is 0 Å². The summed E-state index contributed by atoms with van der Waals surface area (Å²) in [5.74, 6) is 0.861. The summed E-state index contributed by atoms with van der Waals surface area (Å²) in [6.07, 6.45) is 3.65. The van der Waals surface area contributed by atoms with Crippen LogP contribution in [0.5, 0.6) is 0 Å². The third kappa shape index (κ3) is 4.24. The highest BCUT2D eigenvalue weighted by molar-refractivity contribution is 7.12. The molecule has 0 saturated carbocycles. The predicted octanol–water partition coefficient (Wildman–Crippen LogP) is 4.96. The summed E-state index contributed by atoms with van der Waals surface area (Å²) in [7, 11) is 0. The van der Waals surface area contributed by atoms with Gasteiger partial charge in [0.1, 0.15) is 5.82 Å². The number of imidazole rings is 1. The summed E-state index contributed by atoms with van der Waals surface area (Å²) in [6.45, 7) is 3.67. The van der Waals surface area contributed by atoms with Crippen LogP contribution in [0.4, 0.5) is 0 Å². The number of hydrogen-bond donors (Lipinski definition) is 0. The zero-order valence-electron chi connectivity index (χ0n) is 13.7. The maximum absolute atomic E-state index is 12.6. The SMILES string of the molecule is CCN(Cc1nccn1Cc1ccc(Cl)c(Cl)c1)C(=O)c1cccs1. The Morgan fingerprint density at radius 1 is 1.28 bits per heavy atom. The molecule has 0 unspecified atom stereocenters. The van der Waals surface area contributed by atoms with Crippen LogP contribution in [0.2, 0.25) is 10.0 Å². The Hall–Kier alpha value is -1.82. The molecule has 0 aliphatic heterocycles. The lowest BCUT2D eigenvalue weighted by molar-refractivity contribution is 0.0752. The smallest absolute Gasteiger partial charge is 0.264 e. The van der Waals surface area contributed by atoms with Gasteiger partial charge in [-0.25, -0.2) is 4.98 Å². The van der Waals surface area contributed by atoms with Gasteiger partial charge in [-0.1, -0.05) is 35.3 Å². The molecular formula is C18H17Cl2N3OS. The van der Waals surface area contributed by atoms with Gasteiger partial charge in [0.05, 0.1) is 21.5 Å². The number of nitrogens with zero attached hydrogens (tertiary/aromatic N) is 3. The van der Waals surface area contributed by atoms with Crippen molar-refractivity contribution >= 4 is 40.4 Å². The van der Waals surface area contributed by atoms with Crippen LogP contribution in [0.25, 0.3) is 0 Å². The van der Waals surface area contributed by atoms with Crippen LogP contribution in [0.15, 0.2) is 48.1 Å². The van der Waals surface area contributed by atoms with Gasteiger partial charge in [-0.15, -0.1) is 11.3 Å². The zero-order valence-corrected chi connectivity index (χ0v) is 16.0. The van der Waals surface area contributed by atoms with Gasteiger partial charge in [-0.05, 0) is 36.1 Å². The first-order valence-electron chi connectivity index (χ1n) is 7.85. The Balaban J connectivity index is 1.76. The lowest BCUT2D eigenvalue weighted by Gasteiger charge is -2.20. The van der Waals surface area contributed by atoms with Crippen LogP contribution < -0.4 is 0 Å². The largest absolute Gasteiger partial charge is 0.331 e. The van der Waals surface area contributed by atoms with Crippen molar-refractivity contribution in [1.82, 2.24) is 14.5 Å². The van der Waals surface area contributed by atoms with Crippen molar-refractivity contribution in [2.24, 2.45) is 0 Å². The maximum atomic E-state index is 12.6. The highest BCUT2D eigenvalue weighted by Gasteiger charge is 2.17. The average molecular weight is 394 g/mol. The number of amides is 1. The molecule has 0 atom stereocenters. The number of rotatable bonds is 6. The molecule has 0 bridgehead atoms. The summed E-state index contributed by atoms with van der Waals surface area (Å²) in [6, 6.07) is 9.30. The van der Waals surface area contributed by atoms with E-state index < -0.39 is 0 Å². The molecule has 2 heterocycles. The summed E-state index contributed by atoms with van der Waals surface area (Å²) in [5.41, 5.74) is 1.03. The highest BCUT2D eigenvalue weighted by atomic mass is 35.5. The summed E-state index contributed by atoms with van der Waals surface area (Å²) < 4.78 is 2.02. The van der Waals surface area contributed by atoms with Crippen molar-refractivity contribution in [3.05, 3.63) is 74.4 Å². The van der Waals surface area contributed by atoms with Gasteiger partial charge in [-0.3, -0.25) is 4.79 Å². The first kappa shape index (κ1) is 18.0. The Morgan fingerprint density at radius 2 is 2.12 bits per heavy atom. The van der Waals surface area contributed by atoms with Gasteiger partial charge < -0.3 is 9.47 Å². The number of carbonyl (C=O) groups is 1. The van der Waals surface area contributed by atoms with Crippen LogP contribution in [0.1, 0.15) is 28.0 Å². The van der Waals surface area contributed by atoms with Crippen LogP contribution in [-0.2, 0) is 13.1 Å². The molecule has 0 saturated heterocycles. The molecule has 130 valence electrons. The van der Waals surface area contributed by atoms with Crippen molar-refractivity contribution in [1.29, 1.82) is 0 Å². The standard InChI is InChI=1S/C18H17Cl2N3OS/c1-2-22(18(24)16-4-3-9-25-16)12-17-21-7-8-23(17)11-13-5-6-14(19)15(20)10-13/h3-10H,2,11-12H2,1H3. The van der Waals surface area contributed by atoms with Crippen molar-refractivity contribution < 1.29 is 4.79 Å². The minimum atomic E-state index is 0.0292. The molecule has 0 aliphatic rings. The minimum absolute atomic E-state index is 0.0292. The van der Waals surface area contributed by atoms with Crippen LogP contribution in [0, 0.1) is 0 Å². The Kier molecular flexibility index (Phi) is 5.78. The molecule has 0 N–H and O–H groups in total. The predicted molar refractivity (Wildman–Crippen MR) is 103 cm³/mol. The molecule has 0 fully saturated rings. The van der Waals surface area contributed by atoms with Crippen molar-refractivity contribution in [2.45, 2.75) is 20.0 Å². The summed E-state index contributed by atoms with van der Waals surface area (Å²) in [4.78, 5) is 19.5.